The topological polar surface area (TPSA) is 100 Å². The van der Waals surface area contributed by atoms with E-state index in [1.807, 2.05) is 32.2 Å². The van der Waals surface area contributed by atoms with Gasteiger partial charge in [0.1, 0.15) is 5.52 Å². The average Bonchev–Trinajstić information content (AvgIpc) is 3.33. The van der Waals surface area contributed by atoms with Gasteiger partial charge in [-0.3, -0.25) is 9.89 Å². The molecule has 1 fully saturated rings. The van der Waals surface area contributed by atoms with E-state index in [1.54, 1.807) is 16.9 Å². The lowest BCUT2D eigenvalue weighted by Gasteiger charge is -2.12. The first kappa shape index (κ1) is 17.5. The number of aromatic amines is 1. The Morgan fingerprint density at radius 2 is 2.26 bits per heavy atom. The van der Waals surface area contributed by atoms with Crippen molar-refractivity contribution in [2.75, 3.05) is 5.32 Å². The van der Waals surface area contributed by atoms with Crippen LogP contribution in [0.3, 0.4) is 0 Å². The number of hydrogen-bond donors (Lipinski definition) is 3. The van der Waals surface area contributed by atoms with Crippen LogP contribution in [0, 0.1) is 5.92 Å². The number of amides is 1. The Balaban J connectivity index is 1.38. The van der Waals surface area contributed by atoms with Crippen molar-refractivity contribution in [1.29, 1.82) is 0 Å². The Morgan fingerprint density at radius 1 is 1.37 bits per heavy atom. The maximum Gasteiger partial charge on any atom is 0.220 e. The normalized spacial score (nSPS) is 19.7. The molecule has 2 atom stereocenters. The van der Waals surface area contributed by atoms with Crippen molar-refractivity contribution >= 4 is 23.1 Å². The largest absolute Gasteiger partial charge is 0.354 e. The summed E-state index contributed by atoms with van der Waals surface area (Å²) >= 11 is 0. The van der Waals surface area contributed by atoms with Gasteiger partial charge in [0.25, 0.3) is 0 Å². The molecule has 3 N–H and O–H groups in total. The van der Waals surface area contributed by atoms with Gasteiger partial charge >= 0.3 is 0 Å². The Morgan fingerprint density at radius 3 is 3.11 bits per heavy atom. The number of rotatable bonds is 6. The molecule has 1 amide bonds. The molecule has 1 aliphatic rings. The molecule has 27 heavy (non-hydrogen) atoms. The molecule has 1 saturated carbocycles. The molecule has 0 saturated heterocycles. The summed E-state index contributed by atoms with van der Waals surface area (Å²) in [4.78, 5) is 16.4. The first-order chi connectivity index (χ1) is 13.1. The van der Waals surface area contributed by atoms with Crippen molar-refractivity contribution in [3.63, 3.8) is 0 Å². The van der Waals surface area contributed by atoms with E-state index in [9.17, 15) is 4.79 Å². The lowest BCUT2D eigenvalue weighted by Crippen LogP contribution is -2.31. The van der Waals surface area contributed by atoms with Crippen molar-refractivity contribution in [3.8, 4) is 0 Å². The fourth-order valence-corrected chi connectivity index (χ4v) is 3.87. The Bertz CT molecular complexity index is 929. The van der Waals surface area contributed by atoms with E-state index in [2.05, 4.69) is 30.9 Å². The number of aromatic nitrogens is 5. The van der Waals surface area contributed by atoms with Crippen LogP contribution in [-0.4, -0.2) is 36.7 Å². The van der Waals surface area contributed by atoms with Gasteiger partial charge in [-0.1, -0.05) is 0 Å². The van der Waals surface area contributed by atoms with Crippen molar-refractivity contribution in [2.24, 2.45) is 5.92 Å². The number of carbonyl (C=O) groups excluding carboxylic acids is 1. The van der Waals surface area contributed by atoms with E-state index in [1.165, 1.54) is 0 Å². The van der Waals surface area contributed by atoms with Crippen LogP contribution in [0.2, 0.25) is 0 Å². The van der Waals surface area contributed by atoms with E-state index in [0.717, 1.165) is 42.1 Å². The molecule has 1 aliphatic carbocycles. The van der Waals surface area contributed by atoms with E-state index < -0.39 is 0 Å². The highest BCUT2D eigenvalue weighted by molar-refractivity contribution is 5.76. The van der Waals surface area contributed by atoms with Gasteiger partial charge in [0.15, 0.2) is 11.6 Å². The molecule has 0 aromatic carbocycles. The molecule has 0 aliphatic heterocycles. The number of nitrogens with one attached hydrogen (secondary N) is 3. The average molecular weight is 367 g/mol. The number of H-pyrrole nitrogens is 1. The van der Waals surface area contributed by atoms with Crippen LogP contribution in [0.15, 0.2) is 30.7 Å². The van der Waals surface area contributed by atoms with Gasteiger partial charge in [-0.15, -0.1) is 0 Å². The summed E-state index contributed by atoms with van der Waals surface area (Å²) in [5.41, 5.74) is 2.02. The minimum Gasteiger partial charge on any atom is -0.354 e. The zero-order valence-corrected chi connectivity index (χ0v) is 15.6. The van der Waals surface area contributed by atoms with Crippen molar-refractivity contribution in [3.05, 3.63) is 36.4 Å². The second kappa shape index (κ2) is 7.38. The standard InChI is InChI=1S/C19H25N7O/c1-12(2)22-18(27)10-13-3-4-14(9-13)15-11-17(25-24-15)23-19-16-5-6-21-26(16)8-7-20-19/h5-8,11-14H,3-4,9-10H2,1-2H3,(H,22,27)(H2,20,23,24,25)/t13-,14+/m1/s1. The van der Waals surface area contributed by atoms with Gasteiger partial charge in [-0.2, -0.15) is 10.2 Å². The highest BCUT2D eigenvalue weighted by Crippen LogP contribution is 2.39. The fraction of sp³-hybridized carbons (Fsp3) is 0.474. The Labute approximate surface area is 157 Å². The molecule has 3 heterocycles. The minimum atomic E-state index is 0.155. The quantitative estimate of drug-likeness (QED) is 0.622. The molecule has 4 rings (SSSR count). The van der Waals surface area contributed by atoms with Gasteiger partial charge in [0.05, 0.1) is 6.20 Å². The minimum absolute atomic E-state index is 0.155. The van der Waals surface area contributed by atoms with Gasteiger partial charge in [-0.05, 0) is 45.1 Å². The molecule has 3 aromatic heterocycles. The second-order valence-corrected chi connectivity index (χ2v) is 7.57. The van der Waals surface area contributed by atoms with Crippen LogP contribution < -0.4 is 10.6 Å². The van der Waals surface area contributed by atoms with E-state index in [0.29, 0.717) is 18.3 Å². The molecule has 0 bridgehead atoms. The molecule has 0 unspecified atom stereocenters. The molecule has 8 heteroatoms. The third-order valence-electron chi connectivity index (χ3n) is 5.07. The summed E-state index contributed by atoms with van der Waals surface area (Å²) in [6.45, 7) is 3.99. The number of carbonyl (C=O) groups is 1. The number of nitrogens with zero attached hydrogens (tertiary/aromatic N) is 4. The highest BCUT2D eigenvalue weighted by atomic mass is 16.1. The van der Waals surface area contributed by atoms with Crippen LogP contribution in [0.4, 0.5) is 11.6 Å². The molecule has 8 nitrogen and oxygen atoms in total. The van der Waals surface area contributed by atoms with Crippen molar-refractivity contribution in [1.82, 2.24) is 30.1 Å². The fourth-order valence-electron chi connectivity index (χ4n) is 3.87. The zero-order chi connectivity index (χ0) is 18.8. The van der Waals surface area contributed by atoms with Gasteiger partial charge in [-0.25, -0.2) is 9.50 Å². The Hall–Kier alpha value is -2.90. The van der Waals surface area contributed by atoms with Crippen LogP contribution in [-0.2, 0) is 4.79 Å². The first-order valence-electron chi connectivity index (χ1n) is 9.48. The van der Waals surface area contributed by atoms with Crippen LogP contribution in [0.5, 0.6) is 0 Å². The Kier molecular flexibility index (Phi) is 4.79. The molecular formula is C19H25N7O. The maximum absolute atomic E-state index is 12.0. The van der Waals surface area contributed by atoms with Gasteiger partial charge in [0.2, 0.25) is 5.91 Å². The van der Waals surface area contributed by atoms with E-state index in [4.69, 9.17) is 0 Å². The lowest BCUT2D eigenvalue weighted by molar-refractivity contribution is -0.122. The summed E-state index contributed by atoms with van der Waals surface area (Å²) in [6, 6.07) is 4.15. The van der Waals surface area contributed by atoms with Crippen LogP contribution >= 0.6 is 0 Å². The smallest absolute Gasteiger partial charge is 0.220 e. The van der Waals surface area contributed by atoms with E-state index in [-0.39, 0.29) is 11.9 Å². The van der Waals surface area contributed by atoms with E-state index >= 15 is 0 Å². The molecule has 3 aromatic rings. The van der Waals surface area contributed by atoms with Crippen molar-refractivity contribution in [2.45, 2.75) is 51.5 Å². The number of hydrogen-bond acceptors (Lipinski definition) is 5. The first-order valence-corrected chi connectivity index (χ1v) is 9.48. The zero-order valence-electron chi connectivity index (χ0n) is 15.6. The maximum atomic E-state index is 12.0. The SMILES string of the molecule is CC(C)NC(=O)C[C@@H]1CC[C@H](c2cc(Nc3nccn4nccc34)n[nH]2)C1. The highest BCUT2D eigenvalue weighted by Gasteiger charge is 2.29. The summed E-state index contributed by atoms with van der Waals surface area (Å²) in [6.07, 6.45) is 9.05. The summed E-state index contributed by atoms with van der Waals surface area (Å²) in [5.74, 6) is 2.48. The third kappa shape index (κ3) is 3.94. The second-order valence-electron chi connectivity index (χ2n) is 7.57. The summed E-state index contributed by atoms with van der Waals surface area (Å²) in [7, 11) is 0. The third-order valence-corrected chi connectivity index (χ3v) is 5.07. The van der Waals surface area contributed by atoms with Crippen LogP contribution in [0.25, 0.3) is 5.52 Å². The van der Waals surface area contributed by atoms with Crippen molar-refractivity contribution < 1.29 is 4.79 Å². The molecule has 0 spiro atoms. The predicted octanol–water partition coefficient (Wildman–Crippen LogP) is 2.99. The predicted molar refractivity (Wildman–Crippen MR) is 103 cm³/mol. The van der Waals surface area contributed by atoms with Gasteiger partial charge < -0.3 is 10.6 Å². The molecule has 0 radical (unpaired) electrons. The number of fused-ring (bicyclic) bond motifs is 1. The lowest BCUT2D eigenvalue weighted by atomic mass is 9.99. The van der Waals surface area contributed by atoms with Gasteiger partial charge in [0, 0.05) is 42.5 Å². The molecular weight excluding hydrogens is 342 g/mol. The molecule has 142 valence electrons. The monoisotopic (exact) mass is 367 g/mol. The van der Waals surface area contributed by atoms with Crippen LogP contribution in [0.1, 0.15) is 51.1 Å². The summed E-state index contributed by atoms with van der Waals surface area (Å²) in [5, 5.41) is 18.0. The number of anilines is 2. The summed E-state index contributed by atoms with van der Waals surface area (Å²) < 4.78 is 1.77.